The number of hydrogen-bond acceptors (Lipinski definition) is 3. The molecule has 0 saturated carbocycles. The molecule has 0 bridgehead atoms. The Kier molecular flexibility index (Phi) is 4.18. The van der Waals surface area contributed by atoms with Crippen molar-refractivity contribution < 1.29 is 4.79 Å². The van der Waals surface area contributed by atoms with Crippen molar-refractivity contribution in [3.8, 4) is 0 Å². The Balaban J connectivity index is 1.80. The standard InChI is InChI=1S/C17H23NOS/c1-2-3-8-17(9-10-18-12-17)16(19)14-11-20-15-7-5-4-6-13(14)15/h4-7,11,13,15,18H,2-3,8-10,12H2,1H3. The molecular weight excluding hydrogens is 266 g/mol. The summed E-state index contributed by atoms with van der Waals surface area (Å²) in [4.78, 5) is 13.2. The van der Waals surface area contributed by atoms with Crippen molar-refractivity contribution in [1.82, 2.24) is 5.32 Å². The molecule has 2 aliphatic heterocycles. The van der Waals surface area contributed by atoms with Crippen LogP contribution in [0.3, 0.4) is 0 Å². The molecule has 1 N–H and O–H groups in total. The summed E-state index contributed by atoms with van der Waals surface area (Å²) in [6.45, 7) is 4.06. The topological polar surface area (TPSA) is 29.1 Å². The van der Waals surface area contributed by atoms with E-state index in [1.54, 1.807) is 11.8 Å². The van der Waals surface area contributed by atoms with E-state index in [2.05, 4.69) is 42.0 Å². The summed E-state index contributed by atoms with van der Waals surface area (Å²) in [6, 6.07) is 0. The van der Waals surface area contributed by atoms with Gasteiger partial charge in [-0.25, -0.2) is 0 Å². The third kappa shape index (κ3) is 2.42. The van der Waals surface area contributed by atoms with Crippen molar-refractivity contribution in [1.29, 1.82) is 0 Å². The SMILES string of the molecule is CCCCC1(C(=O)C2=CSC3C=CC=CC23)CCNC1. The molecule has 0 aromatic rings. The van der Waals surface area contributed by atoms with Crippen LogP contribution in [0.25, 0.3) is 0 Å². The summed E-state index contributed by atoms with van der Waals surface area (Å²) in [6.07, 6.45) is 13.0. The molecule has 3 aliphatic rings. The molecule has 3 rings (SSSR count). The first-order valence-corrected chi connectivity index (χ1v) is 8.67. The van der Waals surface area contributed by atoms with Gasteiger partial charge in [0.15, 0.2) is 5.78 Å². The quantitative estimate of drug-likeness (QED) is 0.840. The summed E-state index contributed by atoms with van der Waals surface area (Å²) in [7, 11) is 0. The summed E-state index contributed by atoms with van der Waals surface area (Å²) in [5.74, 6) is 0.715. The molecule has 1 fully saturated rings. The van der Waals surface area contributed by atoms with Crippen molar-refractivity contribution in [3.63, 3.8) is 0 Å². The fraction of sp³-hybridized carbons (Fsp3) is 0.588. The van der Waals surface area contributed by atoms with E-state index in [9.17, 15) is 4.79 Å². The molecule has 3 heteroatoms. The third-order valence-electron chi connectivity index (χ3n) is 4.79. The number of Topliss-reactive ketones (excluding diaryl/α,β-unsaturated/α-hetero) is 1. The molecule has 20 heavy (non-hydrogen) atoms. The first kappa shape index (κ1) is 14.2. The van der Waals surface area contributed by atoms with Crippen molar-refractivity contribution >= 4 is 17.5 Å². The molecule has 1 aliphatic carbocycles. The van der Waals surface area contributed by atoms with E-state index in [-0.39, 0.29) is 5.41 Å². The molecule has 2 heterocycles. The highest BCUT2D eigenvalue weighted by Gasteiger charge is 2.45. The Morgan fingerprint density at radius 2 is 2.30 bits per heavy atom. The number of carbonyl (C=O) groups excluding carboxylic acids is 1. The first-order chi connectivity index (χ1) is 9.77. The van der Waals surface area contributed by atoms with Gasteiger partial charge in [-0.2, -0.15) is 0 Å². The molecule has 0 aromatic carbocycles. The van der Waals surface area contributed by atoms with Crippen LogP contribution in [0, 0.1) is 11.3 Å². The number of rotatable bonds is 5. The van der Waals surface area contributed by atoms with Crippen molar-refractivity contribution in [2.24, 2.45) is 11.3 Å². The Bertz CT molecular complexity index is 471. The number of nitrogens with one attached hydrogen (secondary N) is 1. The van der Waals surface area contributed by atoms with E-state index in [4.69, 9.17) is 0 Å². The highest BCUT2D eigenvalue weighted by molar-refractivity contribution is 8.03. The highest BCUT2D eigenvalue weighted by atomic mass is 32.2. The minimum Gasteiger partial charge on any atom is -0.316 e. The van der Waals surface area contributed by atoms with Crippen LogP contribution < -0.4 is 5.32 Å². The zero-order valence-corrected chi connectivity index (χ0v) is 12.9. The third-order valence-corrected chi connectivity index (χ3v) is 5.95. The van der Waals surface area contributed by atoms with Crippen LogP contribution in [0.5, 0.6) is 0 Å². The minimum absolute atomic E-state index is 0.133. The van der Waals surface area contributed by atoms with E-state index in [1.165, 1.54) is 0 Å². The molecule has 3 atom stereocenters. The number of ketones is 1. The van der Waals surface area contributed by atoms with E-state index < -0.39 is 0 Å². The predicted molar refractivity (Wildman–Crippen MR) is 85.7 cm³/mol. The van der Waals surface area contributed by atoms with Gasteiger partial charge in [-0.1, -0.05) is 44.1 Å². The maximum atomic E-state index is 13.2. The maximum Gasteiger partial charge on any atom is 0.167 e. The molecule has 0 amide bonds. The second kappa shape index (κ2) is 5.90. The fourth-order valence-corrected chi connectivity index (χ4v) is 4.67. The molecule has 108 valence electrons. The predicted octanol–water partition coefficient (Wildman–Crippen LogP) is 3.47. The monoisotopic (exact) mass is 289 g/mol. The van der Waals surface area contributed by atoms with Crippen LogP contribution in [0.4, 0.5) is 0 Å². The zero-order chi connectivity index (χ0) is 14.0. The normalized spacial score (nSPS) is 35.1. The lowest BCUT2D eigenvalue weighted by atomic mass is 9.72. The van der Waals surface area contributed by atoms with Gasteiger partial charge in [0, 0.05) is 28.7 Å². The Morgan fingerprint density at radius 1 is 1.45 bits per heavy atom. The summed E-state index contributed by atoms with van der Waals surface area (Å²) >= 11 is 1.80. The van der Waals surface area contributed by atoms with Crippen molar-refractivity contribution in [2.75, 3.05) is 13.1 Å². The fourth-order valence-electron chi connectivity index (χ4n) is 3.52. The average Bonchev–Trinajstić information content (AvgIpc) is 3.12. The first-order valence-electron chi connectivity index (χ1n) is 7.73. The second-order valence-electron chi connectivity index (χ2n) is 6.11. The van der Waals surface area contributed by atoms with Gasteiger partial charge in [0.2, 0.25) is 0 Å². The zero-order valence-electron chi connectivity index (χ0n) is 12.1. The molecule has 0 radical (unpaired) electrons. The van der Waals surface area contributed by atoms with Crippen LogP contribution in [-0.2, 0) is 4.79 Å². The lowest BCUT2D eigenvalue weighted by Gasteiger charge is -2.29. The number of carbonyl (C=O) groups is 1. The second-order valence-corrected chi connectivity index (χ2v) is 7.16. The van der Waals surface area contributed by atoms with E-state index in [1.807, 2.05) is 0 Å². The van der Waals surface area contributed by atoms with E-state index >= 15 is 0 Å². The van der Waals surface area contributed by atoms with Crippen molar-refractivity contribution in [3.05, 3.63) is 35.3 Å². The van der Waals surface area contributed by atoms with Gasteiger partial charge in [0.1, 0.15) is 0 Å². The van der Waals surface area contributed by atoms with Gasteiger partial charge < -0.3 is 5.32 Å². The average molecular weight is 289 g/mol. The smallest absolute Gasteiger partial charge is 0.167 e. The van der Waals surface area contributed by atoms with E-state index in [0.717, 1.165) is 44.3 Å². The van der Waals surface area contributed by atoms with Gasteiger partial charge in [0.25, 0.3) is 0 Å². The molecular formula is C17H23NOS. The molecule has 1 saturated heterocycles. The molecule has 2 nitrogen and oxygen atoms in total. The Morgan fingerprint density at radius 3 is 3.05 bits per heavy atom. The Hall–Kier alpha value is -0.800. The van der Waals surface area contributed by atoms with Gasteiger partial charge in [0.05, 0.1) is 0 Å². The van der Waals surface area contributed by atoms with E-state index in [0.29, 0.717) is 17.0 Å². The highest BCUT2D eigenvalue weighted by Crippen LogP contribution is 2.45. The summed E-state index contributed by atoms with van der Waals surface area (Å²) < 4.78 is 0. The lowest BCUT2D eigenvalue weighted by molar-refractivity contribution is -0.124. The number of unbranched alkanes of at least 4 members (excludes halogenated alkanes) is 1. The van der Waals surface area contributed by atoms with Gasteiger partial charge >= 0.3 is 0 Å². The summed E-state index contributed by atoms with van der Waals surface area (Å²) in [5, 5.41) is 5.98. The Labute approximate surface area is 125 Å². The van der Waals surface area contributed by atoms with Crippen molar-refractivity contribution in [2.45, 2.75) is 37.9 Å². The molecule has 0 spiro atoms. The van der Waals surface area contributed by atoms with Gasteiger partial charge in [-0.05, 0) is 24.8 Å². The van der Waals surface area contributed by atoms with Crippen LogP contribution in [0.2, 0.25) is 0 Å². The number of hydrogen-bond donors (Lipinski definition) is 1. The maximum absolute atomic E-state index is 13.2. The van der Waals surface area contributed by atoms with Crippen LogP contribution >= 0.6 is 11.8 Å². The van der Waals surface area contributed by atoms with Gasteiger partial charge in [-0.15, -0.1) is 11.8 Å². The van der Waals surface area contributed by atoms with Crippen LogP contribution in [0.1, 0.15) is 32.6 Å². The van der Waals surface area contributed by atoms with Gasteiger partial charge in [-0.3, -0.25) is 4.79 Å². The molecule has 0 aromatic heterocycles. The van der Waals surface area contributed by atoms with Crippen LogP contribution in [-0.4, -0.2) is 24.1 Å². The summed E-state index contributed by atoms with van der Waals surface area (Å²) in [5.41, 5.74) is 0.923. The minimum atomic E-state index is -0.133. The van der Waals surface area contributed by atoms with Crippen LogP contribution in [0.15, 0.2) is 35.3 Å². The molecule has 3 unspecified atom stereocenters. The lowest BCUT2D eigenvalue weighted by Crippen LogP contribution is -2.36. The number of allylic oxidation sites excluding steroid dienone is 4. The largest absolute Gasteiger partial charge is 0.316 e. The number of thioether (sulfide) groups is 1. The number of fused-ring (bicyclic) bond motifs is 1.